The average molecular weight is 294 g/mol. The fourth-order valence-corrected chi connectivity index (χ4v) is 2.44. The van der Waals surface area contributed by atoms with Gasteiger partial charge in [0, 0.05) is 12.0 Å². The molecule has 0 fully saturated rings. The number of fused-ring (bicyclic) bond motifs is 1. The van der Waals surface area contributed by atoms with Gasteiger partial charge in [-0.2, -0.15) is 0 Å². The predicted molar refractivity (Wildman–Crippen MR) is 77.5 cm³/mol. The normalized spacial score (nSPS) is 20.2. The smallest absolute Gasteiger partial charge is 0.337 e. The van der Waals surface area contributed by atoms with Crippen LogP contribution in [-0.4, -0.2) is 34.0 Å². The summed E-state index contributed by atoms with van der Waals surface area (Å²) in [4.78, 5) is 11.6. The largest absolute Gasteiger partial charge is 0.487 e. The van der Waals surface area contributed by atoms with E-state index in [0.717, 1.165) is 12.0 Å². The fraction of sp³-hybridized carbons (Fsp3) is 0.562. The summed E-state index contributed by atoms with van der Waals surface area (Å²) in [6.07, 6.45) is -1.76. The molecule has 2 N–H and O–H groups in total. The highest BCUT2D eigenvalue weighted by molar-refractivity contribution is 5.76. The van der Waals surface area contributed by atoms with E-state index < -0.39 is 24.3 Å². The number of carboxylic acids is 1. The van der Waals surface area contributed by atoms with Crippen molar-refractivity contribution >= 4 is 5.97 Å². The van der Waals surface area contributed by atoms with Crippen LogP contribution in [0.1, 0.15) is 44.9 Å². The van der Waals surface area contributed by atoms with Crippen LogP contribution in [0.2, 0.25) is 0 Å². The second kappa shape index (κ2) is 5.66. The van der Waals surface area contributed by atoms with Gasteiger partial charge in [-0.05, 0) is 33.3 Å². The van der Waals surface area contributed by atoms with Crippen LogP contribution < -0.4 is 4.74 Å². The van der Waals surface area contributed by atoms with Gasteiger partial charge in [0.1, 0.15) is 11.4 Å². The Labute approximate surface area is 124 Å². The van der Waals surface area contributed by atoms with E-state index in [1.54, 1.807) is 19.9 Å². The van der Waals surface area contributed by atoms with E-state index in [1.165, 1.54) is 0 Å². The zero-order valence-electron chi connectivity index (χ0n) is 12.8. The molecule has 3 atom stereocenters. The van der Waals surface area contributed by atoms with Gasteiger partial charge >= 0.3 is 5.97 Å². The maximum absolute atomic E-state index is 11.6. The van der Waals surface area contributed by atoms with Gasteiger partial charge in [-0.3, -0.25) is 0 Å². The molecule has 116 valence electrons. The molecule has 2 rings (SSSR count). The van der Waals surface area contributed by atoms with Crippen molar-refractivity contribution in [3.63, 3.8) is 0 Å². The van der Waals surface area contributed by atoms with E-state index in [2.05, 4.69) is 0 Å². The molecule has 0 spiro atoms. The van der Waals surface area contributed by atoms with Crippen molar-refractivity contribution < 1.29 is 24.5 Å². The Morgan fingerprint density at radius 1 is 1.38 bits per heavy atom. The number of benzene rings is 1. The molecular formula is C16H22O5. The van der Waals surface area contributed by atoms with Crippen molar-refractivity contribution in [3.05, 3.63) is 29.3 Å². The highest BCUT2D eigenvalue weighted by Crippen LogP contribution is 2.41. The fourth-order valence-electron chi connectivity index (χ4n) is 2.44. The second-order valence-electron chi connectivity index (χ2n) is 6.17. The van der Waals surface area contributed by atoms with Crippen LogP contribution in [-0.2, 0) is 16.0 Å². The van der Waals surface area contributed by atoms with Crippen LogP contribution in [0, 0.1) is 0 Å². The number of para-hydroxylation sites is 1. The molecule has 0 amide bonds. The number of carbonyl (C=O) groups is 1. The molecule has 0 radical (unpaired) electrons. The average Bonchev–Trinajstić information content (AvgIpc) is 2.68. The SMILES string of the molecule is CC(O)C(C)OC(C(=O)O)c1cccc2c1OC(C)(C)C2. The third kappa shape index (κ3) is 3.36. The summed E-state index contributed by atoms with van der Waals surface area (Å²) in [5.74, 6) is -0.503. The number of ether oxygens (including phenoxy) is 2. The number of aliphatic hydroxyl groups excluding tert-OH is 1. The molecule has 1 aliphatic heterocycles. The molecule has 0 aromatic heterocycles. The lowest BCUT2D eigenvalue weighted by Crippen LogP contribution is -2.29. The number of hydrogen-bond donors (Lipinski definition) is 2. The first kappa shape index (κ1) is 15.8. The van der Waals surface area contributed by atoms with Crippen molar-refractivity contribution in [2.75, 3.05) is 0 Å². The highest BCUT2D eigenvalue weighted by Gasteiger charge is 2.36. The van der Waals surface area contributed by atoms with Gasteiger partial charge in [-0.25, -0.2) is 4.79 Å². The summed E-state index contributed by atoms with van der Waals surface area (Å²) < 4.78 is 11.4. The molecule has 1 heterocycles. The molecule has 0 saturated heterocycles. The van der Waals surface area contributed by atoms with E-state index in [4.69, 9.17) is 9.47 Å². The number of carboxylic acid groups (broad SMARTS) is 1. The Morgan fingerprint density at radius 2 is 2.05 bits per heavy atom. The van der Waals surface area contributed by atoms with E-state index in [9.17, 15) is 15.0 Å². The van der Waals surface area contributed by atoms with Gasteiger partial charge in [0.2, 0.25) is 0 Å². The third-order valence-corrected chi connectivity index (χ3v) is 3.66. The van der Waals surface area contributed by atoms with Gasteiger partial charge in [-0.15, -0.1) is 0 Å². The summed E-state index contributed by atoms with van der Waals surface area (Å²) in [7, 11) is 0. The van der Waals surface area contributed by atoms with Crippen LogP contribution in [0.5, 0.6) is 5.75 Å². The van der Waals surface area contributed by atoms with Crippen LogP contribution in [0.3, 0.4) is 0 Å². The first-order valence-corrected chi connectivity index (χ1v) is 7.08. The van der Waals surface area contributed by atoms with Crippen molar-refractivity contribution in [3.8, 4) is 5.75 Å². The minimum absolute atomic E-state index is 0.350. The molecule has 5 nitrogen and oxygen atoms in total. The first-order chi connectivity index (χ1) is 9.71. The van der Waals surface area contributed by atoms with Crippen LogP contribution in [0.25, 0.3) is 0 Å². The van der Waals surface area contributed by atoms with Gasteiger partial charge in [0.05, 0.1) is 12.2 Å². The molecule has 1 aliphatic rings. The predicted octanol–water partition coefficient (Wildman–Crippen LogP) is 2.31. The molecule has 0 aliphatic carbocycles. The van der Waals surface area contributed by atoms with Crippen molar-refractivity contribution in [2.24, 2.45) is 0 Å². The summed E-state index contributed by atoms with van der Waals surface area (Å²) in [5.41, 5.74) is 1.13. The zero-order valence-corrected chi connectivity index (χ0v) is 12.8. The van der Waals surface area contributed by atoms with Crippen molar-refractivity contribution in [1.29, 1.82) is 0 Å². The molecule has 21 heavy (non-hydrogen) atoms. The topological polar surface area (TPSA) is 76.0 Å². The van der Waals surface area contributed by atoms with Gasteiger partial charge in [0.25, 0.3) is 0 Å². The minimum Gasteiger partial charge on any atom is -0.487 e. The summed E-state index contributed by atoms with van der Waals surface area (Å²) in [6.45, 7) is 7.14. The quantitative estimate of drug-likeness (QED) is 0.871. The van der Waals surface area contributed by atoms with Crippen LogP contribution in [0.15, 0.2) is 18.2 Å². The molecule has 3 unspecified atom stereocenters. The minimum atomic E-state index is -1.15. The van der Waals surface area contributed by atoms with E-state index in [1.807, 2.05) is 26.0 Å². The van der Waals surface area contributed by atoms with Crippen LogP contribution in [0.4, 0.5) is 0 Å². The number of aliphatic carboxylic acids is 1. The summed E-state index contributed by atoms with van der Waals surface area (Å²) >= 11 is 0. The Hall–Kier alpha value is -1.59. The standard InChI is InChI=1S/C16H22O5/c1-9(17)10(2)20-14(15(18)19)12-7-5-6-11-8-16(3,4)21-13(11)12/h5-7,9-10,14,17H,8H2,1-4H3,(H,18,19). The van der Waals surface area contributed by atoms with E-state index >= 15 is 0 Å². The third-order valence-electron chi connectivity index (χ3n) is 3.66. The Morgan fingerprint density at radius 3 is 2.62 bits per heavy atom. The lowest BCUT2D eigenvalue weighted by Gasteiger charge is -2.24. The van der Waals surface area contributed by atoms with Gasteiger partial charge in [0.15, 0.2) is 6.10 Å². The zero-order chi connectivity index (χ0) is 15.8. The maximum atomic E-state index is 11.6. The van der Waals surface area contributed by atoms with Crippen LogP contribution >= 0.6 is 0 Å². The maximum Gasteiger partial charge on any atom is 0.337 e. The van der Waals surface area contributed by atoms with Gasteiger partial charge in [-0.1, -0.05) is 18.2 Å². The lowest BCUT2D eigenvalue weighted by molar-refractivity contribution is -0.158. The second-order valence-corrected chi connectivity index (χ2v) is 6.17. The van der Waals surface area contributed by atoms with Gasteiger partial charge < -0.3 is 19.7 Å². The molecular weight excluding hydrogens is 272 g/mol. The molecule has 5 heteroatoms. The Kier molecular flexibility index (Phi) is 4.25. The van der Waals surface area contributed by atoms with E-state index in [0.29, 0.717) is 11.3 Å². The Balaban J connectivity index is 2.35. The number of hydrogen-bond acceptors (Lipinski definition) is 4. The highest BCUT2D eigenvalue weighted by atomic mass is 16.5. The molecule has 1 aromatic rings. The molecule has 1 aromatic carbocycles. The lowest BCUT2D eigenvalue weighted by atomic mass is 9.99. The molecule has 0 saturated carbocycles. The monoisotopic (exact) mass is 294 g/mol. The van der Waals surface area contributed by atoms with E-state index in [-0.39, 0.29) is 5.60 Å². The van der Waals surface area contributed by atoms with Crippen molar-refractivity contribution in [2.45, 2.75) is 58.0 Å². The number of aliphatic hydroxyl groups is 1. The van der Waals surface area contributed by atoms with Crippen molar-refractivity contribution in [1.82, 2.24) is 0 Å². The summed E-state index contributed by atoms with van der Waals surface area (Å²) in [6, 6.07) is 5.45. The summed E-state index contributed by atoms with van der Waals surface area (Å²) in [5, 5.41) is 19.0. The Bertz CT molecular complexity index is 535. The molecule has 0 bridgehead atoms. The first-order valence-electron chi connectivity index (χ1n) is 7.08. The number of rotatable bonds is 5.